The van der Waals surface area contributed by atoms with Crippen molar-refractivity contribution >= 4 is 11.9 Å². The van der Waals surface area contributed by atoms with E-state index in [1.807, 2.05) is 0 Å². The van der Waals surface area contributed by atoms with Crippen LogP contribution >= 0.6 is 11.9 Å². The van der Waals surface area contributed by atoms with Crippen molar-refractivity contribution in [3.8, 4) is 0 Å². The lowest BCUT2D eigenvalue weighted by Crippen LogP contribution is -2.32. The summed E-state index contributed by atoms with van der Waals surface area (Å²) in [5.74, 6) is 0. The fraction of sp³-hybridized carbons (Fsp3) is 0.286. The molecule has 24 heavy (non-hydrogen) atoms. The second-order valence-electron chi connectivity index (χ2n) is 4.78. The first-order chi connectivity index (χ1) is 11.1. The number of benzene rings is 1. The van der Waals surface area contributed by atoms with Gasteiger partial charge in [-0.05, 0) is 36.7 Å². The average Bonchev–Trinajstić information content (AvgIpc) is 2.46. The fourth-order valence-corrected chi connectivity index (χ4v) is 2.91. The molecule has 0 amide bonds. The predicted molar refractivity (Wildman–Crippen MR) is 75.9 cm³/mol. The van der Waals surface area contributed by atoms with E-state index in [-0.39, 0.29) is 5.56 Å². The molecule has 0 fully saturated rings. The van der Waals surface area contributed by atoms with Gasteiger partial charge in [0.1, 0.15) is 12.4 Å². The van der Waals surface area contributed by atoms with Gasteiger partial charge in [0.05, 0.1) is 10.5 Å². The van der Waals surface area contributed by atoms with Crippen LogP contribution in [0.2, 0.25) is 0 Å². The van der Waals surface area contributed by atoms with Crippen LogP contribution in [-0.2, 0) is 6.18 Å². The number of halogens is 6. The molecule has 1 atom stereocenters. The summed E-state index contributed by atoms with van der Waals surface area (Å²) < 4.78 is 78.7. The smallest absolute Gasteiger partial charge is 0.244 e. The van der Waals surface area contributed by atoms with Gasteiger partial charge in [-0.2, -0.15) is 26.3 Å². The highest BCUT2D eigenvalue weighted by atomic mass is 32.2. The zero-order valence-corrected chi connectivity index (χ0v) is 13.0. The minimum Gasteiger partial charge on any atom is -0.244 e. The van der Waals surface area contributed by atoms with Gasteiger partial charge in [0.2, 0.25) is 0 Å². The van der Waals surface area contributed by atoms with E-state index in [1.165, 1.54) is 25.8 Å². The van der Waals surface area contributed by atoms with Crippen molar-refractivity contribution in [2.24, 2.45) is 0 Å². The van der Waals surface area contributed by atoms with E-state index >= 15 is 0 Å². The summed E-state index contributed by atoms with van der Waals surface area (Å²) in [6.45, 7) is 0. The lowest BCUT2D eigenvalue weighted by atomic mass is 10.0. The standard InChI is InChI=1S/C14H11F6N3S/c1-23(24-11-6-21-8-22-7-11)12(14(18,19)20)9-2-4-10(5-3-9)13(15,16)17/h2-8,12H,1H3. The molecule has 1 aromatic heterocycles. The van der Waals surface area contributed by atoms with Crippen molar-refractivity contribution in [1.82, 2.24) is 14.3 Å². The fourth-order valence-electron chi connectivity index (χ4n) is 2.01. The summed E-state index contributed by atoms with van der Waals surface area (Å²) in [6.07, 6.45) is -5.35. The van der Waals surface area contributed by atoms with Crippen LogP contribution in [0.15, 0.2) is 47.9 Å². The van der Waals surface area contributed by atoms with E-state index in [2.05, 4.69) is 9.97 Å². The minimum atomic E-state index is -4.67. The lowest BCUT2D eigenvalue weighted by Gasteiger charge is -2.29. The molecule has 0 N–H and O–H groups in total. The maximum Gasteiger partial charge on any atom is 0.416 e. The number of alkyl halides is 6. The van der Waals surface area contributed by atoms with Gasteiger partial charge >= 0.3 is 12.4 Å². The molecule has 2 aromatic rings. The molecule has 0 aliphatic carbocycles. The molecule has 1 heterocycles. The van der Waals surface area contributed by atoms with E-state index in [0.29, 0.717) is 17.0 Å². The molecular weight excluding hydrogens is 356 g/mol. The van der Waals surface area contributed by atoms with Crippen molar-refractivity contribution in [3.05, 3.63) is 54.1 Å². The number of hydrogen-bond donors (Lipinski definition) is 0. The molecule has 1 aromatic carbocycles. The van der Waals surface area contributed by atoms with Crippen LogP contribution in [0.5, 0.6) is 0 Å². The number of hydrogen-bond acceptors (Lipinski definition) is 4. The van der Waals surface area contributed by atoms with Crippen LogP contribution in [0.3, 0.4) is 0 Å². The van der Waals surface area contributed by atoms with Gasteiger partial charge in [0.25, 0.3) is 0 Å². The number of aromatic nitrogens is 2. The molecule has 130 valence electrons. The Balaban J connectivity index is 2.28. The van der Waals surface area contributed by atoms with E-state index in [4.69, 9.17) is 0 Å². The highest BCUT2D eigenvalue weighted by Crippen LogP contribution is 2.42. The van der Waals surface area contributed by atoms with Gasteiger partial charge in [-0.1, -0.05) is 12.1 Å². The maximum atomic E-state index is 13.4. The SMILES string of the molecule is CN(Sc1cncnc1)C(c1ccc(C(F)(F)F)cc1)C(F)(F)F. The first kappa shape index (κ1) is 18.5. The van der Waals surface area contributed by atoms with Gasteiger partial charge < -0.3 is 0 Å². The quantitative estimate of drug-likeness (QED) is 0.577. The third-order valence-electron chi connectivity index (χ3n) is 3.01. The largest absolute Gasteiger partial charge is 0.416 e. The van der Waals surface area contributed by atoms with Crippen LogP contribution in [0.25, 0.3) is 0 Å². The van der Waals surface area contributed by atoms with Gasteiger partial charge in [-0.25, -0.2) is 14.3 Å². The Labute approximate surface area is 137 Å². The summed E-state index contributed by atoms with van der Waals surface area (Å²) >= 11 is 0.749. The van der Waals surface area contributed by atoms with Crippen molar-refractivity contribution in [2.45, 2.75) is 23.3 Å². The van der Waals surface area contributed by atoms with E-state index in [0.717, 1.165) is 28.4 Å². The first-order valence-electron chi connectivity index (χ1n) is 6.48. The van der Waals surface area contributed by atoms with Crippen molar-refractivity contribution in [1.29, 1.82) is 0 Å². The van der Waals surface area contributed by atoms with Crippen molar-refractivity contribution in [3.63, 3.8) is 0 Å². The molecule has 2 rings (SSSR count). The molecule has 0 aliphatic heterocycles. The van der Waals surface area contributed by atoms with E-state index < -0.39 is 24.0 Å². The lowest BCUT2D eigenvalue weighted by molar-refractivity contribution is -0.169. The molecule has 0 bridgehead atoms. The number of nitrogens with zero attached hydrogens (tertiary/aromatic N) is 3. The maximum absolute atomic E-state index is 13.4. The monoisotopic (exact) mass is 367 g/mol. The van der Waals surface area contributed by atoms with Gasteiger partial charge in [0, 0.05) is 12.4 Å². The second kappa shape index (κ2) is 6.98. The Kier molecular flexibility index (Phi) is 5.38. The summed E-state index contributed by atoms with van der Waals surface area (Å²) in [6, 6.07) is 0.861. The third-order valence-corrected chi connectivity index (χ3v) is 3.93. The normalized spacial score (nSPS) is 14.0. The summed E-state index contributed by atoms with van der Waals surface area (Å²) in [5, 5.41) is 0. The van der Waals surface area contributed by atoms with Gasteiger partial charge in [-0.15, -0.1) is 0 Å². The summed E-state index contributed by atoms with van der Waals surface area (Å²) in [7, 11) is 1.20. The third kappa shape index (κ3) is 4.60. The van der Waals surface area contributed by atoms with Gasteiger partial charge in [0.15, 0.2) is 0 Å². The Morgan fingerprint density at radius 3 is 1.96 bits per heavy atom. The molecule has 0 aliphatic rings. The zero-order valence-electron chi connectivity index (χ0n) is 12.1. The van der Waals surface area contributed by atoms with Crippen molar-refractivity contribution < 1.29 is 26.3 Å². The van der Waals surface area contributed by atoms with Crippen LogP contribution in [0, 0.1) is 0 Å². The van der Waals surface area contributed by atoms with Crippen LogP contribution < -0.4 is 0 Å². The molecule has 0 radical (unpaired) electrons. The van der Waals surface area contributed by atoms with E-state index in [9.17, 15) is 26.3 Å². The summed E-state index contributed by atoms with van der Waals surface area (Å²) in [4.78, 5) is 7.79. The molecule has 10 heteroatoms. The second-order valence-corrected chi connectivity index (χ2v) is 6.01. The van der Waals surface area contributed by atoms with Crippen LogP contribution in [0.4, 0.5) is 26.3 Å². The molecule has 0 saturated carbocycles. The van der Waals surface area contributed by atoms with Gasteiger partial charge in [-0.3, -0.25) is 0 Å². The molecule has 0 spiro atoms. The summed E-state index contributed by atoms with van der Waals surface area (Å²) in [5.41, 5.74) is -1.29. The van der Waals surface area contributed by atoms with E-state index in [1.54, 1.807) is 0 Å². The average molecular weight is 367 g/mol. The highest BCUT2D eigenvalue weighted by Gasteiger charge is 2.44. The van der Waals surface area contributed by atoms with Crippen molar-refractivity contribution in [2.75, 3.05) is 7.05 Å². The Bertz CT molecular complexity index is 657. The van der Waals surface area contributed by atoms with Crippen LogP contribution in [0.1, 0.15) is 17.2 Å². The molecule has 3 nitrogen and oxygen atoms in total. The Hall–Kier alpha value is -1.81. The minimum absolute atomic E-state index is 0.289. The first-order valence-corrected chi connectivity index (χ1v) is 7.26. The molecular formula is C14H11F6N3S. The molecule has 1 unspecified atom stereocenters. The Morgan fingerprint density at radius 1 is 0.958 bits per heavy atom. The molecule has 0 saturated heterocycles. The Morgan fingerprint density at radius 2 is 1.50 bits per heavy atom. The van der Waals surface area contributed by atoms with Crippen LogP contribution in [-0.4, -0.2) is 27.5 Å². The highest BCUT2D eigenvalue weighted by molar-refractivity contribution is 7.97. The zero-order chi connectivity index (χ0) is 18.0. The predicted octanol–water partition coefficient (Wildman–Crippen LogP) is 4.74. The topological polar surface area (TPSA) is 29.0 Å². The number of rotatable bonds is 4.